The largest absolute Gasteiger partial charge is 0.326 e. The Bertz CT molecular complexity index is 893. The van der Waals surface area contributed by atoms with Crippen molar-refractivity contribution in [1.82, 2.24) is 5.43 Å². The van der Waals surface area contributed by atoms with E-state index in [2.05, 4.69) is 15.8 Å². The number of aryl methyl sites for hydroxylation is 1. The van der Waals surface area contributed by atoms with E-state index < -0.39 is 10.8 Å². The van der Waals surface area contributed by atoms with E-state index in [0.29, 0.717) is 5.56 Å². The summed E-state index contributed by atoms with van der Waals surface area (Å²) in [6.45, 7) is 3.87. The van der Waals surface area contributed by atoms with Crippen LogP contribution in [0.15, 0.2) is 47.6 Å². The van der Waals surface area contributed by atoms with Crippen LogP contribution in [-0.2, 0) is 9.59 Å². The Morgan fingerprint density at radius 2 is 1.81 bits per heavy atom. The third kappa shape index (κ3) is 6.03. The van der Waals surface area contributed by atoms with Gasteiger partial charge in [-0.25, -0.2) is 5.43 Å². The number of hydrazone groups is 1. The SMILES string of the molecule is Cc1cccc(NC(=O)CCC(=O)N/N=C/c2cccc([N+](=O)[O-])c2)c1C. The van der Waals surface area contributed by atoms with E-state index in [4.69, 9.17) is 0 Å². The van der Waals surface area contributed by atoms with Gasteiger partial charge in [0.2, 0.25) is 11.8 Å². The summed E-state index contributed by atoms with van der Waals surface area (Å²) in [4.78, 5) is 34.0. The minimum Gasteiger partial charge on any atom is -0.326 e. The standard InChI is InChI=1S/C19H20N4O4/c1-13-5-3-8-17(14(13)2)21-18(24)9-10-19(25)22-20-12-15-6-4-7-16(11-15)23(26)27/h3-8,11-12H,9-10H2,1-2H3,(H,21,24)(H,22,25)/b20-12+. The van der Waals surface area contributed by atoms with Gasteiger partial charge in [-0.1, -0.05) is 24.3 Å². The first-order valence-corrected chi connectivity index (χ1v) is 8.29. The molecule has 0 aliphatic rings. The Kier molecular flexibility index (Phi) is 6.76. The zero-order chi connectivity index (χ0) is 19.8. The van der Waals surface area contributed by atoms with Crippen LogP contribution in [0.2, 0.25) is 0 Å². The fraction of sp³-hybridized carbons (Fsp3) is 0.211. The van der Waals surface area contributed by atoms with E-state index in [9.17, 15) is 19.7 Å². The van der Waals surface area contributed by atoms with Gasteiger partial charge in [0.25, 0.3) is 5.69 Å². The van der Waals surface area contributed by atoms with Gasteiger partial charge < -0.3 is 5.32 Å². The molecule has 0 fully saturated rings. The molecule has 27 heavy (non-hydrogen) atoms. The minimum atomic E-state index is -0.509. The Morgan fingerprint density at radius 3 is 2.56 bits per heavy atom. The van der Waals surface area contributed by atoms with Gasteiger partial charge in [-0.15, -0.1) is 0 Å². The maximum absolute atomic E-state index is 12.0. The van der Waals surface area contributed by atoms with Crippen molar-refractivity contribution in [2.45, 2.75) is 26.7 Å². The third-order valence-electron chi connectivity index (χ3n) is 3.94. The number of hydrogen-bond donors (Lipinski definition) is 2. The number of non-ortho nitro benzene ring substituents is 1. The Labute approximate surface area is 156 Å². The molecule has 0 saturated carbocycles. The second-order valence-corrected chi connectivity index (χ2v) is 5.94. The molecule has 2 aromatic carbocycles. The number of anilines is 1. The lowest BCUT2D eigenvalue weighted by Crippen LogP contribution is -2.21. The fourth-order valence-corrected chi connectivity index (χ4v) is 2.28. The highest BCUT2D eigenvalue weighted by Gasteiger charge is 2.09. The van der Waals surface area contributed by atoms with Crippen molar-refractivity contribution in [3.8, 4) is 0 Å². The van der Waals surface area contributed by atoms with Gasteiger partial charge in [-0.3, -0.25) is 19.7 Å². The molecule has 0 aliphatic carbocycles. The number of nitrogens with one attached hydrogen (secondary N) is 2. The Morgan fingerprint density at radius 1 is 1.11 bits per heavy atom. The molecular formula is C19H20N4O4. The average Bonchev–Trinajstić information content (AvgIpc) is 2.64. The van der Waals surface area contributed by atoms with E-state index in [1.54, 1.807) is 6.07 Å². The summed E-state index contributed by atoms with van der Waals surface area (Å²) in [6, 6.07) is 11.5. The van der Waals surface area contributed by atoms with Crippen molar-refractivity contribution >= 4 is 29.4 Å². The van der Waals surface area contributed by atoms with Crippen LogP contribution in [0.25, 0.3) is 0 Å². The van der Waals surface area contributed by atoms with E-state index >= 15 is 0 Å². The number of benzene rings is 2. The highest BCUT2D eigenvalue weighted by atomic mass is 16.6. The van der Waals surface area contributed by atoms with Gasteiger partial charge in [-0.2, -0.15) is 5.10 Å². The average molecular weight is 368 g/mol. The summed E-state index contributed by atoms with van der Waals surface area (Å²) in [7, 11) is 0. The number of carbonyl (C=O) groups is 2. The van der Waals surface area contributed by atoms with Crippen molar-refractivity contribution in [3.05, 3.63) is 69.3 Å². The molecule has 0 saturated heterocycles. The summed E-state index contributed by atoms with van der Waals surface area (Å²) in [5, 5.41) is 17.2. The highest BCUT2D eigenvalue weighted by Crippen LogP contribution is 2.18. The van der Waals surface area contributed by atoms with Crippen molar-refractivity contribution in [1.29, 1.82) is 0 Å². The molecule has 2 N–H and O–H groups in total. The van der Waals surface area contributed by atoms with Crippen LogP contribution in [0.1, 0.15) is 29.5 Å². The molecule has 8 nitrogen and oxygen atoms in total. The summed E-state index contributed by atoms with van der Waals surface area (Å²) >= 11 is 0. The first-order valence-electron chi connectivity index (χ1n) is 8.29. The van der Waals surface area contributed by atoms with Crippen molar-refractivity contribution < 1.29 is 14.5 Å². The zero-order valence-electron chi connectivity index (χ0n) is 15.1. The second-order valence-electron chi connectivity index (χ2n) is 5.94. The molecule has 2 aromatic rings. The molecule has 0 bridgehead atoms. The summed E-state index contributed by atoms with van der Waals surface area (Å²) < 4.78 is 0. The van der Waals surface area contributed by atoms with Crippen LogP contribution >= 0.6 is 0 Å². The number of amides is 2. The number of nitro groups is 1. The molecule has 0 aliphatic heterocycles. The molecule has 140 valence electrons. The van der Waals surface area contributed by atoms with Gasteiger partial charge >= 0.3 is 0 Å². The predicted octanol–water partition coefficient (Wildman–Crippen LogP) is 3.08. The maximum Gasteiger partial charge on any atom is 0.270 e. The molecule has 2 amide bonds. The lowest BCUT2D eigenvalue weighted by atomic mass is 10.1. The molecule has 0 unspecified atom stereocenters. The lowest BCUT2D eigenvalue weighted by molar-refractivity contribution is -0.384. The molecular weight excluding hydrogens is 348 g/mol. The monoisotopic (exact) mass is 368 g/mol. The van der Waals surface area contributed by atoms with Crippen molar-refractivity contribution in [2.75, 3.05) is 5.32 Å². The van der Waals surface area contributed by atoms with E-state index in [0.717, 1.165) is 16.8 Å². The lowest BCUT2D eigenvalue weighted by Gasteiger charge is -2.10. The zero-order valence-corrected chi connectivity index (χ0v) is 15.1. The first-order chi connectivity index (χ1) is 12.9. The number of nitrogens with zero attached hydrogens (tertiary/aromatic N) is 2. The molecule has 0 atom stereocenters. The molecule has 0 radical (unpaired) electrons. The van der Waals surface area contributed by atoms with E-state index in [1.807, 2.05) is 32.0 Å². The van der Waals surface area contributed by atoms with Gasteiger partial charge in [-0.05, 0) is 31.0 Å². The highest BCUT2D eigenvalue weighted by molar-refractivity contribution is 5.94. The molecule has 2 rings (SSSR count). The Balaban J connectivity index is 1.80. The molecule has 0 spiro atoms. The molecule has 0 aromatic heterocycles. The van der Waals surface area contributed by atoms with E-state index in [1.165, 1.54) is 24.4 Å². The quantitative estimate of drug-likeness (QED) is 0.444. The summed E-state index contributed by atoms with van der Waals surface area (Å²) in [5.74, 6) is -0.686. The van der Waals surface area contributed by atoms with Gasteiger partial charge in [0.05, 0.1) is 11.1 Å². The van der Waals surface area contributed by atoms with Gasteiger partial charge in [0.15, 0.2) is 0 Å². The van der Waals surface area contributed by atoms with Crippen LogP contribution in [0.3, 0.4) is 0 Å². The summed E-state index contributed by atoms with van der Waals surface area (Å²) in [5.41, 5.74) is 5.50. The van der Waals surface area contributed by atoms with Crippen molar-refractivity contribution in [3.63, 3.8) is 0 Å². The van der Waals surface area contributed by atoms with Crippen LogP contribution < -0.4 is 10.7 Å². The van der Waals surface area contributed by atoms with Crippen molar-refractivity contribution in [2.24, 2.45) is 5.10 Å². The minimum absolute atomic E-state index is 0.0194. The molecule has 0 heterocycles. The van der Waals surface area contributed by atoms with E-state index in [-0.39, 0.29) is 24.4 Å². The number of carbonyl (C=O) groups excluding carboxylic acids is 2. The summed E-state index contributed by atoms with van der Waals surface area (Å²) in [6.07, 6.45) is 1.30. The van der Waals surface area contributed by atoms with Gasteiger partial charge in [0, 0.05) is 36.2 Å². The smallest absolute Gasteiger partial charge is 0.270 e. The number of rotatable bonds is 7. The fourth-order valence-electron chi connectivity index (χ4n) is 2.28. The first kappa shape index (κ1) is 19.8. The third-order valence-corrected chi connectivity index (χ3v) is 3.94. The van der Waals surface area contributed by atoms with Gasteiger partial charge in [0.1, 0.15) is 0 Å². The molecule has 8 heteroatoms. The number of hydrogen-bond acceptors (Lipinski definition) is 5. The van der Waals surface area contributed by atoms with Crippen LogP contribution in [0, 0.1) is 24.0 Å². The topological polar surface area (TPSA) is 114 Å². The van der Waals surface area contributed by atoms with Crippen LogP contribution in [-0.4, -0.2) is 23.0 Å². The van der Waals surface area contributed by atoms with Crippen LogP contribution in [0.5, 0.6) is 0 Å². The Hall–Kier alpha value is -3.55. The maximum atomic E-state index is 12.0. The van der Waals surface area contributed by atoms with Crippen LogP contribution in [0.4, 0.5) is 11.4 Å². The second kappa shape index (κ2) is 9.23. The normalized spacial score (nSPS) is 10.6. The predicted molar refractivity (Wildman–Crippen MR) is 103 cm³/mol. The number of nitro benzene ring substituents is 1.